The number of ether oxygens (including phenoxy) is 2. The molecule has 1 aliphatic rings. The van der Waals surface area contributed by atoms with Gasteiger partial charge in [-0.25, -0.2) is 0 Å². The van der Waals surface area contributed by atoms with Crippen LogP contribution >= 0.6 is 0 Å². The molecule has 3 nitrogen and oxygen atoms in total. The number of aryl methyl sites for hydroxylation is 2. The van der Waals surface area contributed by atoms with Crippen molar-refractivity contribution in [3.05, 3.63) is 58.1 Å². The molecular formula is C23H31NO2. The van der Waals surface area contributed by atoms with Crippen LogP contribution in [0.1, 0.15) is 47.6 Å². The molecule has 0 spiro atoms. The first kappa shape index (κ1) is 18.8. The third kappa shape index (κ3) is 4.04. The van der Waals surface area contributed by atoms with Crippen molar-refractivity contribution >= 4 is 5.69 Å². The average Bonchev–Trinajstić information content (AvgIpc) is 2.65. The summed E-state index contributed by atoms with van der Waals surface area (Å²) < 4.78 is 11.0. The largest absolute Gasteiger partial charge is 0.496 e. The first-order valence-electron chi connectivity index (χ1n) is 9.59. The Bertz CT molecular complexity index is 738. The summed E-state index contributed by atoms with van der Waals surface area (Å²) in [5.41, 5.74) is 8.12. The fraction of sp³-hybridized carbons (Fsp3) is 0.478. The van der Waals surface area contributed by atoms with Gasteiger partial charge in [0.25, 0.3) is 0 Å². The number of hydrogen-bond acceptors (Lipinski definition) is 3. The molecule has 26 heavy (non-hydrogen) atoms. The van der Waals surface area contributed by atoms with Gasteiger partial charge in [0.15, 0.2) is 0 Å². The van der Waals surface area contributed by atoms with E-state index in [9.17, 15) is 0 Å². The Morgan fingerprint density at radius 2 is 1.69 bits per heavy atom. The standard InChI is InChI=1S/C23H31NO2/c1-16(2)21-14-19(6-7-23(21)25-5)15-22-17(3)12-20(13-18(22)4)24-8-10-26-11-9-24/h6-7,12-14,16H,8-11,15H2,1-5H3. The van der Waals surface area contributed by atoms with Gasteiger partial charge in [0.05, 0.1) is 20.3 Å². The lowest BCUT2D eigenvalue weighted by atomic mass is 9.92. The predicted octanol–water partition coefficient (Wildman–Crippen LogP) is 4.86. The maximum absolute atomic E-state index is 5.53. The lowest BCUT2D eigenvalue weighted by Crippen LogP contribution is -2.36. The predicted molar refractivity (Wildman–Crippen MR) is 109 cm³/mol. The number of benzene rings is 2. The van der Waals surface area contributed by atoms with Crippen LogP contribution < -0.4 is 9.64 Å². The summed E-state index contributed by atoms with van der Waals surface area (Å²) in [6.07, 6.45) is 0.963. The van der Waals surface area contributed by atoms with Crippen LogP contribution in [0, 0.1) is 13.8 Å². The Hall–Kier alpha value is -2.00. The number of methoxy groups -OCH3 is 1. The average molecular weight is 354 g/mol. The molecule has 0 aromatic heterocycles. The molecule has 2 aromatic carbocycles. The van der Waals surface area contributed by atoms with Crippen molar-refractivity contribution in [3.8, 4) is 5.75 Å². The lowest BCUT2D eigenvalue weighted by Gasteiger charge is -2.30. The zero-order valence-electron chi connectivity index (χ0n) is 16.8. The highest BCUT2D eigenvalue weighted by Gasteiger charge is 2.15. The van der Waals surface area contributed by atoms with E-state index in [1.807, 2.05) is 0 Å². The molecule has 0 aliphatic carbocycles. The van der Waals surface area contributed by atoms with Crippen LogP contribution in [0.15, 0.2) is 30.3 Å². The van der Waals surface area contributed by atoms with Gasteiger partial charge in [-0.05, 0) is 72.2 Å². The van der Waals surface area contributed by atoms with E-state index in [4.69, 9.17) is 9.47 Å². The molecule has 0 radical (unpaired) electrons. The fourth-order valence-corrected chi connectivity index (χ4v) is 3.80. The van der Waals surface area contributed by atoms with Crippen molar-refractivity contribution in [2.24, 2.45) is 0 Å². The minimum absolute atomic E-state index is 0.454. The second kappa shape index (κ2) is 8.13. The molecule has 0 saturated carbocycles. The number of nitrogens with zero attached hydrogens (tertiary/aromatic N) is 1. The van der Waals surface area contributed by atoms with Crippen LogP contribution in [-0.2, 0) is 11.2 Å². The fourth-order valence-electron chi connectivity index (χ4n) is 3.80. The van der Waals surface area contributed by atoms with E-state index in [1.54, 1.807) is 7.11 Å². The van der Waals surface area contributed by atoms with Crippen LogP contribution in [0.2, 0.25) is 0 Å². The molecule has 0 amide bonds. The van der Waals surface area contributed by atoms with Crippen molar-refractivity contribution < 1.29 is 9.47 Å². The molecule has 3 rings (SSSR count). The molecule has 140 valence electrons. The second-order valence-electron chi connectivity index (χ2n) is 7.57. The molecule has 1 heterocycles. The Kier molecular flexibility index (Phi) is 5.87. The van der Waals surface area contributed by atoms with Gasteiger partial charge in [-0.15, -0.1) is 0 Å². The molecule has 1 aliphatic heterocycles. The van der Waals surface area contributed by atoms with Crippen molar-refractivity contribution in [1.29, 1.82) is 0 Å². The van der Waals surface area contributed by atoms with E-state index in [2.05, 4.69) is 62.9 Å². The SMILES string of the molecule is COc1ccc(Cc2c(C)cc(N3CCOCC3)cc2C)cc1C(C)C. The van der Waals surface area contributed by atoms with Gasteiger partial charge >= 0.3 is 0 Å². The smallest absolute Gasteiger partial charge is 0.122 e. The van der Waals surface area contributed by atoms with Gasteiger partial charge in [-0.3, -0.25) is 0 Å². The topological polar surface area (TPSA) is 21.7 Å². The maximum Gasteiger partial charge on any atom is 0.122 e. The third-order valence-corrected chi connectivity index (χ3v) is 5.35. The summed E-state index contributed by atoms with van der Waals surface area (Å²) in [7, 11) is 1.75. The van der Waals surface area contributed by atoms with E-state index in [1.165, 1.54) is 33.5 Å². The summed E-state index contributed by atoms with van der Waals surface area (Å²) in [5.74, 6) is 1.44. The first-order valence-corrected chi connectivity index (χ1v) is 9.59. The van der Waals surface area contributed by atoms with Crippen LogP contribution in [0.3, 0.4) is 0 Å². The van der Waals surface area contributed by atoms with Crippen LogP contribution in [0.4, 0.5) is 5.69 Å². The Morgan fingerprint density at radius 3 is 2.27 bits per heavy atom. The normalized spacial score (nSPS) is 14.8. The third-order valence-electron chi connectivity index (χ3n) is 5.35. The second-order valence-corrected chi connectivity index (χ2v) is 7.57. The van der Waals surface area contributed by atoms with E-state index in [0.29, 0.717) is 5.92 Å². The summed E-state index contributed by atoms with van der Waals surface area (Å²) >= 11 is 0. The van der Waals surface area contributed by atoms with Gasteiger partial charge in [0.2, 0.25) is 0 Å². The van der Waals surface area contributed by atoms with Gasteiger partial charge in [0, 0.05) is 18.8 Å². The summed E-state index contributed by atoms with van der Waals surface area (Å²) in [5, 5.41) is 0. The minimum atomic E-state index is 0.454. The zero-order valence-corrected chi connectivity index (χ0v) is 16.8. The monoisotopic (exact) mass is 353 g/mol. The molecule has 2 aromatic rings. The van der Waals surface area contributed by atoms with Crippen LogP contribution in [0.25, 0.3) is 0 Å². The highest BCUT2D eigenvalue weighted by Crippen LogP contribution is 2.30. The van der Waals surface area contributed by atoms with Crippen molar-refractivity contribution in [2.45, 2.75) is 40.0 Å². The Morgan fingerprint density at radius 1 is 1.04 bits per heavy atom. The van der Waals surface area contributed by atoms with Crippen molar-refractivity contribution in [2.75, 3.05) is 38.3 Å². The Labute approximate surface area is 157 Å². The van der Waals surface area contributed by atoms with Gasteiger partial charge in [-0.2, -0.15) is 0 Å². The summed E-state index contributed by atoms with van der Waals surface area (Å²) in [6, 6.07) is 11.3. The van der Waals surface area contributed by atoms with Crippen molar-refractivity contribution in [1.82, 2.24) is 0 Å². The highest BCUT2D eigenvalue weighted by atomic mass is 16.5. The molecule has 0 unspecified atom stereocenters. The molecule has 0 bridgehead atoms. The number of rotatable bonds is 5. The minimum Gasteiger partial charge on any atom is -0.496 e. The zero-order chi connectivity index (χ0) is 18.7. The maximum atomic E-state index is 5.53. The van der Waals surface area contributed by atoms with Gasteiger partial charge in [0.1, 0.15) is 5.75 Å². The van der Waals surface area contributed by atoms with E-state index in [0.717, 1.165) is 38.5 Å². The first-order chi connectivity index (χ1) is 12.5. The van der Waals surface area contributed by atoms with Gasteiger partial charge in [-0.1, -0.05) is 26.0 Å². The quantitative estimate of drug-likeness (QED) is 0.766. The number of anilines is 1. The molecule has 0 atom stereocenters. The van der Waals surface area contributed by atoms with E-state index >= 15 is 0 Å². The van der Waals surface area contributed by atoms with Gasteiger partial charge < -0.3 is 14.4 Å². The molecular weight excluding hydrogens is 322 g/mol. The van der Waals surface area contributed by atoms with Crippen molar-refractivity contribution in [3.63, 3.8) is 0 Å². The van der Waals surface area contributed by atoms with E-state index in [-0.39, 0.29) is 0 Å². The highest BCUT2D eigenvalue weighted by molar-refractivity contribution is 5.55. The summed E-state index contributed by atoms with van der Waals surface area (Å²) in [6.45, 7) is 12.5. The number of hydrogen-bond donors (Lipinski definition) is 0. The van der Waals surface area contributed by atoms with Crippen LogP contribution in [-0.4, -0.2) is 33.4 Å². The molecule has 1 fully saturated rings. The van der Waals surface area contributed by atoms with Crippen LogP contribution in [0.5, 0.6) is 5.75 Å². The Balaban J connectivity index is 1.87. The lowest BCUT2D eigenvalue weighted by molar-refractivity contribution is 0.122. The number of morpholine rings is 1. The molecule has 1 saturated heterocycles. The molecule has 0 N–H and O–H groups in total. The van der Waals surface area contributed by atoms with E-state index < -0.39 is 0 Å². The summed E-state index contributed by atoms with van der Waals surface area (Å²) in [4.78, 5) is 2.43. The molecule has 3 heteroatoms.